The summed E-state index contributed by atoms with van der Waals surface area (Å²) in [7, 11) is 0. The first-order valence-corrected chi connectivity index (χ1v) is 4.90. The van der Waals surface area contributed by atoms with Crippen molar-refractivity contribution in [1.29, 1.82) is 0 Å². The molecule has 2 rings (SSSR count). The summed E-state index contributed by atoms with van der Waals surface area (Å²) in [6.45, 7) is 0.603. The third-order valence-corrected chi connectivity index (χ3v) is 2.68. The number of para-hydroxylation sites is 1. The van der Waals surface area contributed by atoms with Crippen molar-refractivity contribution in [2.45, 2.75) is 18.8 Å². The Labute approximate surface area is 83.3 Å². The molecule has 1 aliphatic heterocycles. The topological polar surface area (TPSA) is 55.1 Å². The van der Waals surface area contributed by atoms with E-state index in [1.54, 1.807) is 0 Å². The zero-order valence-corrected chi connectivity index (χ0v) is 7.99. The van der Waals surface area contributed by atoms with E-state index in [1.165, 1.54) is 5.56 Å². The summed E-state index contributed by atoms with van der Waals surface area (Å²) in [6, 6.07) is 7.89. The molecule has 1 heterocycles. The number of fused-ring (bicyclic) bond motifs is 1. The van der Waals surface area contributed by atoms with E-state index in [4.69, 9.17) is 5.73 Å². The number of hydrogen-bond donors (Lipinski definition) is 2. The van der Waals surface area contributed by atoms with Crippen LogP contribution in [0.1, 0.15) is 24.3 Å². The number of carbonyl (C=O) groups excluding carboxylic acids is 1. The molecule has 0 bridgehead atoms. The van der Waals surface area contributed by atoms with Crippen molar-refractivity contribution in [3.63, 3.8) is 0 Å². The van der Waals surface area contributed by atoms with Crippen molar-refractivity contribution < 1.29 is 4.79 Å². The first kappa shape index (κ1) is 9.21. The van der Waals surface area contributed by atoms with Crippen molar-refractivity contribution in [1.82, 2.24) is 0 Å². The largest absolute Gasteiger partial charge is 0.330 e. The van der Waals surface area contributed by atoms with Crippen LogP contribution in [0.4, 0.5) is 5.69 Å². The molecule has 0 aliphatic carbocycles. The van der Waals surface area contributed by atoms with Crippen LogP contribution in [0.25, 0.3) is 0 Å². The highest BCUT2D eigenvalue weighted by Crippen LogP contribution is 2.30. The summed E-state index contributed by atoms with van der Waals surface area (Å²) in [4.78, 5) is 11.4. The molecule has 1 aromatic rings. The lowest BCUT2D eigenvalue weighted by Gasteiger charge is -2.13. The van der Waals surface area contributed by atoms with Crippen LogP contribution in [-0.4, -0.2) is 12.5 Å². The summed E-state index contributed by atoms with van der Waals surface area (Å²) in [6.07, 6.45) is 1.41. The Morgan fingerprint density at radius 2 is 2.21 bits per heavy atom. The van der Waals surface area contributed by atoms with Crippen molar-refractivity contribution in [2.24, 2.45) is 5.73 Å². The zero-order chi connectivity index (χ0) is 9.97. The van der Waals surface area contributed by atoms with Gasteiger partial charge in [-0.1, -0.05) is 18.2 Å². The van der Waals surface area contributed by atoms with Gasteiger partial charge in [-0.3, -0.25) is 4.79 Å². The second-order valence-corrected chi connectivity index (χ2v) is 3.61. The number of nitrogens with one attached hydrogen (secondary N) is 1. The minimum absolute atomic E-state index is 0.0911. The standard InChI is InChI=1S/C11H14N2O/c12-7-8-5-6-11(14)13-10-4-2-1-3-9(8)10/h1-4,8H,5-7,12H2,(H,13,14). The second-order valence-electron chi connectivity index (χ2n) is 3.61. The maximum absolute atomic E-state index is 11.4. The van der Waals surface area contributed by atoms with Gasteiger partial charge >= 0.3 is 0 Å². The molecule has 0 saturated carbocycles. The maximum atomic E-state index is 11.4. The highest BCUT2D eigenvalue weighted by molar-refractivity contribution is 5.92. The fourth-order valence-electron chi connectivity index (χ4n) is 1.89. The minimum atomic E-state index is 0.0911. The number of nitrogens with two attached hydrogens (primary N) is 1. The van der Waals surface area contributed by atoms with Gasteiger partial charge in [0, 0.05) is 12.1 Å². The van der Waals surface area contributed by atoms with E-state index in [1.807, 2.05) is 24.3 Å². The fraction of sp³-hybridized carbons (Fsp3) is 0.364. The molecule has 1 aromatic carbocycles. The van der Waals surface area contributed by atoms with E-state index < -0.39 is 0 Å². The lowest BCUT2D eigenvalue weighted by Crippen LogP contribution is -2.11. The number of anilines is 1. The molecule has 3 nitrogen and oxygen atoms in total. The van der Waals surface area contributed by atoms with Crippen LogP contribution in [-0.2, 0) is 4.79 Å². The highest BCUT2D eigenvalue weighted by atomic mass is 16.1. The number of amides is 1. The Morgan fingerprint density at radius 3 is 3.00 bits per heavy atom. The molecular weight excluding hydrogens is 176 g/mol. The van der Waals surface area contributed by atoms with E-state index in [0.29, 0.717) is 18.9 Å². The highest BCUT2D eigenvalue weighted by Gasteiger charge is 2.19. The van der Waals surface area contributed by atoms with Crippen LogP contribution in [0.2, 0.25) is 0 Å². The first-order valence-electron chi connectivity index (χ1n) is 4.90. The number of carbonyl (C=O) groups is 1. The molecular formula is C11H14N2O. The molecule has 1 atom stereocenters. The third kappa shape index (κ3) is 1.63. The molecule has 0 spiro atoms. The van der Waals surface area contributed by atoms with Crippen LogP contribution in [0.15, 0.2) is 24.3 Å². The average molecular weight is 190 g/mol. The lowest BCUT2D eigenvalue weighted by atomic mass is 9.94. The molecule has 3 N–H and O–H groups in total. The van der Waals surface area contributed by atoms with E-state index in [9.17, 15) is 4.79 Å². The Balaban J connectivity index is 2.40. The summed E-state index contributed by atoms with van der Waals surface area (Å²) >= 11 is 0. The van der Waals surface area contributed by atoms with Gasteiger partial charge in [0.25, 0.3) is 0 Å². The van der Waals surface area contributed by atoms with Gasteiger partial charge in [-0.25, -0.2) is 0 Å². The Morgan fingerprint density at radius 1 is 1.43 bits per heavy atom. The third-order valence-electron chi connectivity index (χ3n) is 2.68. The van der Waals surface area contributed by atoms with Crippen LogP contribution in [0, 0.1) is 0 Å². The van der Waals surface area contributed by atoms with E-state index >= 15 is 0 Å². The Hall–Kier alpha value is -1.35. The SMILES string of the molecule is NCC1CCC(=O)Nc2ccccc21. The van der Waals surface area contributed by atoms with Crippen LogP contribution < -0.4 is 11.1 Å². The second kappa shape index (κ2) is 3.80. The Kier molecular flexibility index (Phi) is 2.50. The predicted octanol–water partition coefficient (Wildman–Crippen LogP) is 1.46. The molecule has 0 saturated heterocycles. The van der Waals surface area contributed by atoms with Gasteiger partial charge in [0.2, 0.25) is 5.91 Å². The monoisotopic (exact) mass is 190 g/mol. The van der Waals surface area contributed by atoms with E-state index in [0.717, 1.165) is 12.1 Å². The van der Waals surface area contributed by atoms with Gasteiger partial charge in [0.05, 0.1) is 0 Å². The van der Waals surface area contributed by atoms with Gasteiger partial charge in [-0.2, -0.15) is 0 Å². The zero-order valence-electron chi connectivity index (χ0n) is 7.99. The minimum Gasteiger partial charge on any atom is -0.330 e. The van der Waals surface area contributed by atoms with Crippen molar-refractivity contribution in [2.75, 3.05) is 11.9 Å². The summed E-state index contributed by atoms with van der Waals surface area (Å²) < 4.78 is 0. The average Bonchev–Trinajstić information content (AvgIpc) is 2.36. The van der Waals surface area contributed by atoms with Crippen LogP contribution in [0.3, 0.4) is 0 Å². The number of rotatable bonds is 1. The lowest BCUT2D eigenvalue weighted by molar-refractivity contribution is -0.116. The molecule has 1 aliphatic rings. The first-order chi connectivity index (χ1) is 6.81. The molecule has 3 heteroatoms. The van der Waals surface area contributed by atoms with Crippen molar-refractivity contribution in [3.8, 4) is 0 Å². The van der Waals surface area contributed by atoms with Crippen molar-refractivity contribution >= 4 is 11.6 Å². The predicted molar refractivity (Wildman–Crippen MR) is 56.1 cm³/mol. The van der Waals surface area contributed by atoms with Gasteiger partial charge in [-0.05, 0) is 30.5 Å². The van der Waals surface area contributed by atoms with E-state index in [-0.39, 0.29) is 5.91 Å². The summed E-state index contributed by atoms with van der Waals surface area (Å²) in [5.41, 5.74) is 7.78. The van der Waals surface area contributed by atoms with Gasteiger partial charge in [0.1, 0.15) is 0 Å². The van der Waals surface area contributed by atoms with E-state index in [2.05, 4.69) is 5.32 Å². The maximum Gasteiger partial charge on any atom is 0.224 e. The number of hydrogen-bond acceptors (Lipinski definition) is 2. The molecule has 0 aromatic heterocycles. The molecule has 74 valence electrons. The normalized spacial score (nSPS) is 20.9. The smallest absolute Gasteiger partial charge is 0.224 e. The van der Waals surface area contributed by atoms with Gasteiger partial charge < -0.3 is 11.1 Å². The van der Waals surface area contributed by atoms with Gasteiger partial charge in [-0.15, -0.1) is 0 Å². The Bertz CT molecular complexity index is 349. The molecule has 0 fully saturated rings. The van der Waals surface area contributed by atoms with Crippen molar-refractivity contribution in [3.05, 3.63) is 29.8 Å². The molecule has 1 unspecified atom stereocenters. The quantitative estimate of drug-likeness (QED) is 0.704. The fourth-order valence-corrected chi connectivity index (χ4v) is 1.89. The molecule has 14 heavy (non-hydrogen) atoms. The number of benzene rings is 1. The molecule has 0 radical (unpaired) electrons. The van der Waals surface area contributed by atoms with Crippen LogP contribution in [0.5, 0.6) is 0 Å². The molecule has 1 amide bonds. The summed E-state index contributed by atoms with van der Waals surface area (Å²) in [5.74, 6) is 0.401. The summed E-state index contributed by atoms with van der Waals surface area (Å²) in [5, 5.41) is 2.89. The van der Waals surface area contributed by atoms with Crippen LogP contribution >= 0.6 is 0 Å². The van der Waals surface area contributed by atoms with Gasteiger partial charge in [0.15, 0.2) is 0 Å².